The number of fused-ring (bicyclic) bond motifs is 1. The third-order valence-electron chi connectivity index (χ3n) is 4.50. The maximum absolute atomic E-state index is 12.9. The molecule has 4 rings (SSSR count). The molecule has 0 unspecified atom stereocenters. The number of carbonyl (C=O) groups is 1. The fourth-order valence-electron chi connectivity index (χ4n) is 2.88. The molecule has 4 aromatic rings. The van der Waals surface area contributed by atoms with Crippen molar-refractivity contribution in [2.75, 3.05) is 7.11 Å². The molecule has 0 spiro atoms. The second-order valence-electron chi connectivity index (χ2n) is 6.67. The van der Waals surface area contributed by atoms with Gasteiger partial charge in [-0.15, -0.1) is 0 Å². The van der Waals surface area contributed by atoms with E-state index in [0.717, 1.165) is 0 Å². The second kappa shape index (κ2) is 9.18. The molecule has 0 bridgehead atoms. The van der Waals surface area contributed by atoms with Crippen LogP contribution in [0.2, 0.25) is 0 Å². The molecule has 0 radical (unpaired) electrons. The third kappa shape index (κ3) is 4.84. The van der Waals surface area contributed by atoms with Crippen molar-refractivity contribution in [1.29, 1.82) is 0 Å². The molecule has 6 nitrogen and oxygen atoms in total. The second-order valence-corrected chi connectivity index (χ2v) is 6.67. The van der Waals surface area contributed by atoms with Crippen LogP contribution >= 0.6 is 0 Å². The maximum Gasteiger partial charge on any atom is 0.336 e. The Labute approximate surface area is 182 Å². The molecule has 1 heterocycles. The van der Waals surface area contributed by atoms with Gasteiger partial charge in [0.2, 0.25) is 11.2 Å². The molecular weight excluding hydrogens is 415 g/mol. The predicted molar refractivity (Wildman–Crippen MR) is 117 cm³/mol. The van der Waals surface area contributed by atoms with Crippen LogP contribution in [0.3, 0.4) is 0 Å². The minimum atomic E-state index is -0.629. The Kier molecular flexibility index (Phi) is 5.98. The zero-order valence-corrected chi connectivity index (χ0v) is 16.9. The van der Waals surface area contributed by atoms with Crippen LogP contribution in [0.15, 0.2) is 88.3 Å². The Hall–Kier alpha value is -4.39. The summed E-state index contributed by atoms with van der Waals surface area (Å²) in [5.41, 5.74) is 0.526. The van der Waals surface area contributed by atoms with Crippen LogP contribution in [-0.4, -0.2) is 13.1 Å². The van der Waals surface area contributed by atoms with Gasteiger partial charge in [-0.2, -0.15) is 0 Å². The van der Waals surface area contributed by atoms with E-state index in [-0.39, 0.29) is 33.7 Å². The van der Waals surface area contributed by atoms with E-state index < -0.39 is 5.97 Å². The van der Waals surface area contributed by atoms with Crippen molar-refractivity contribution < 1.29 is 27.8 Å². The van der Waals surface area contributed by atoms with E-state index in [9.17, 15) is 14.0 Å². The number of methoxy groups -OCH3 is 1. The lowest BCUT2D eigenvalue weighted by atomic mass is 10.2. The highest BCUT2D eigenvalue weighted by Crippen LogP contribution is 2.25. The standard InChI is InChI=1S/C25H17FO6/c1-29-18-7-9-19(10-8-18)31-23-15-30-22-14-20(11-12-21(22)25(23)28)32-24(27)13-4-16-2-5-17(26)6-3-16/h2-15H,1H3/b13-4+. The van der Waals surface area contributed by atoms with E-state index in [1.807, 2.05) is 0 Å². The summed E-state index contributed by atoms with van der Waals surface area (Å²) in [5, 5.41) is 0.276. The SMILES string of the molecule is COc1ccc(Oc2coc3cc(OC(=O)/C=C/c4ccc(F)cc4)ccc3c2=O)cc1. The van der Waals surface area contributed by atoms with Gasteiger partial charge in [0, 0.05) is 12.1 Å². The number of hydrogen-bond acceptors (Lipinski definition) is 6. The molecule has 32 heavy (non-hydrogen) atoms. The Morgan fingerprint density at radius 1 is 0.938 bits per heavy atom. The summed E-state index contributed by atoms with van der Waals surface area (Å²) in [5.74, 6) is 0.358. The normalized spacial score (nSPS) is 10.9. The number of benzene rings is 3. The zero-order chi connectivity index (χ0) is 22.5. The van der Waals surface area contributed by atoms with Crippen molar-refractivity contribution in [1.82, 2.24) is 0 Å². The number of ether oxygens (including phenoxy) is 3. The van der Waals surface area contributed by atoms with Gasteiger partial charge in [0.1, 0.15) is 34.9 Å². The van der Waals surface area contributed by atoms with E-state index in [1.165, 1.54) is 60.9 Å². The highest BCUT2D eigenvalue weighted by Gasteiger charge is 2.11. The summed E-state index contributed by atoms with van der Waals surface area (Å²) in [6.07, 6.45) is 3.93. The van der Waals surface area contributed by atoms with E-state index >= 15 is 0 Å². The number of halogens is 1. The third-order valence-corrected chi connectivity index (χ3v) is 4.50. The molecule has 0 saturated heterocycles. The zero-order valence-electron chi connectivity index (χ0n) is 16.9. The number of hydrogen-bond donors (Lipinski definition) is 0. The van der Waals surface area contributed by atoms with Crippen molar-refractivity contribution in [3.05, 3.63) is 101 Å². The molecule has 1 aromatic heterocycles. The van der Waals surface area contributed by atoms with Gasteiger partial charge in [-0.05, 0) is 60.2 Å². The molecule has 0 aliphatic heterocycles. The first-order valence-corrected chi connectivity index (χ1v) is 9.55. The first-order chi connectivity index (χ1) is 15.5. The Balaban J connectivity index is 1.49. The van der Waals surface area contributed by atoms with Crippen molar-refractivity contribution in [3.63, 3.8) is 0 Å². The molecule has 0 amide bonds. The van der Waals surface area contributed by atoms with Gasteiger partial charge in [-0.3, -0.25) is 4.79 Å². The average Bonchev–Trinajstić information content (AvgIpc) is 2.81. The number of rotatable bonds is 6. The topological polar surface area (TPSA) is 75.0 Å². The lowest BCUT2D eigenvalue weighted by Crippen LogP contribution is -2.06. The minimum absolute atomic E-state index is 0.0228. The fourth-order valence-corrected chi connectivity index (χ4v) is 2.88. The van der Waals surface area contributed by atoms with Gasteiger partial charge < -0.3 is 18.6 Å². The molecule has 7 heteroatoms. The van der Waals surface area contributed by atoms with Crippen LogP contribution in [0, 0.1) is 5.82 Å². The smallest absolute Gasteiger partial charge is 0.336 e. The lowest BCUT2D eigenvalue weighted by Gasteiger charge is -2.07. The predicted octanol–water partition coefficient (Wildman–Crippen LogP) is 5.35. The van der Waals surface area contributed by atoms with Crippen LogP contribution in [0.4, 0.5) is 4.39 Å². The van der Waals surface area contributed by atoms with Crippen molar-refractivity contribution in [3.8, 4) is 23.0 Å². The van der Waals surface area contributed by atoms with Gasteiger partial charge in [0.25, 0.3) is 0 Å². The molecule has 0 atom stereocenters. The largest absolute Gasteiger partial charge is 0.497 e. The quantitative estimate of drug-likeness (QED) is 0.232. The molecule has 0 saturated carbocycles. The van der Waals surface area contributed by atoms with Gasteiger partial charge >= 0.3 is 5.97 Å². The number of carbonyl (C=O) groups excluding carboxylic acids is 1. The Bertz CT molecular complexity index is 1340. The van der Waals surface area contributed by atoms with E-state index in [1.54, 1.807) is 31.4 Å². The van der Waals surface area contributed by atoms with Gasteiger partial charge in [-0.25, -0.2) is 9.18 Å². The van der Waals surface area contributed by atoms with Gasteiger partial charge in [0.15, 0.2) is 0 Å². The lowest BCUT2D eigenvalue weighted by molar-refractivity contribution is -0.128. The van der Waals surface area contributed by atoms with Crippen LogP contribution in [0.1, 0.15) is 5.56 Å². The molecule has 0 aliphatic carbocycles. The molecular formula is C25H17FO6. The highest BCUT2D eigenvalue weighted by atomic mass is 19.1. The van der Waals surface area contributed by atoms with E-state index in [4.69, 9.17) is 18.6 Å². The van der Waals surface area contributed by atoms with Crippen molar-refractivity contribution in [2.24, 2.45) is 0 Å². The molecule has 0 fully saturated rings. The molecule has 0 N–H and O–H groups in total. The summed E-state index contributed by atoms with van der Waals surface area (Å²) in [6, 6.07) is 16.9. The van der Waals surface area contributed by atoms with Crippen LogP contribution in [-0.2, 0) is 4.79 Å². The molecule has 0 aliphatic rings. The van der Waals surface area contributed by atoms with E-state index in [2.05, 4.69) is 0 Å². The molecule has 160 valence electrons. The van der Waals surface area contributed by atoms with Gasteiger partial charge in [-0.1, -0.05) is 12.1 Å². The Morgan fingerprint density at radius 3 is 2.34 bits per heavy atom. The fraction of sp³-hybridized carbons (Fsp3) is 0.0400. The monoisotopic (exact) mass is 432 g/mol. The first kappa shape index (κ1) is 20.9. The first-order valence-electron chi connectivity index (χ1n) is 9.55. The summed E-state index contributed by atoms with van der Waals surface area (Å²) >= 11 is 0. The number of esters is 1. The maximum atomic E-state index is 12.9. The minimum Gasteiger partial charge on any atom is -0.497 e. The summed E-state index contributed by atoms with van der Waals surface area (Å²) in [7, 11) is 1.56. The van der Waals surface area contributed by atoms with E-state index in [0.29, 0.717) is 17.1 Å². The van der Waals surface area contributed by atoms with Crippen molar-refractivity contribution >= 4 is 23.0 Å². The highest BCUT2D eigenvalue weighted by molar-refractivity contribution is 5.89. The van der Waals surface area contributed by atoms with Crippen LogP contribution < -0.4 is 19.6 Å². The Morgan fingerprint density at radius 2 is 1.62 bits per heavy atom. The summed E-state index contributed by atoms with van der Waals surface area (Å²) in [6.45, 7) is 0. The average molecular weight is 432 g/mol. The van der Waals surface area contributed by atoms with Crippen LogP contribution in [0.5, 0.6) is 23.0 Å². The summed E-state index contributed by atoms with van der Waals surface area (Å²) in [4.78, 5) is 24.8. The summed E-state index contributed by atoms with van der Waals surface area (Å²) < 4.78 is 34.4. The van der Waals surface area contributed by atoms with Gasteiger partial charge in [0.05, 0.1) is 12.5 Å². The van der Waals surface area contributed by atoms with Crippen LogP contribution in [0.25, 0.3) is 17.0 Å². The van der Waals surface area contributed by atoms with Crippen molar-refractivity contribution in [2.45, 2.75) is 0 Å². The molecule has 3 aromatic carbocycles.